The van der Waals surface area contributed by atoms with Crippen molar-refractivity contribution in [3.8, 4) is 0 Å². The Hall–Kier alpha value is -1.91. The van der Waals surface area contributed by atoms with Gasteiger partial charge in [0.1, 0.15) is 17.2 Å². The van der Waals surface area contributed by atoms with Crippen LogP contribution in [0.1, 0.15) is 5.56 Å². The summed E-state index contributed by atoms with van der Waals surface area (Å²) in [6, 6.07) is 1.99. The summed E-state index contributed by atoms with van der Waals surface area (Å²) in [5.74, 6) is -2.86. The number of hydrogen-bond donors (Lipinski definition) is 1. The van der Waals surface area contributed by atoms with Gasteiger partial charge in [0.25, 0.3) is 0 Å². The fraction of sp³-hybridized carbons (Fsp3) is 0.100. The van der Waals surface area contributed by atoms with Crippen molar-refractivity contribution in [3.63, 3.8) is 0 Å². The van der Waals surface area contributed by atoms with Crippen LogP contribution in [0, 0.1) is 11.6 Å². The average molecular weight is 212 g/mol. The molecule has 0 aliphatic rings. The minimum absolute atomic E-state index is 0.0464. The van der Waals surface area contributed by atoms with Crippen LogP contribution >= 0.6 is 0 Å². The number of fused-ring (bicyclic) bond motifs is 1. The number of aliphatic carboxylic acids is 1. The zero-order chi connectivity index (χ0) is 11.0. The maximum atomic E-state index is 13.3. The first kappa shape index (κ1) is 9.64. The van der Waals surface area contributed by atoms with Crippen LogP contribution in [0.4, 0.5) is 8.78 Å². The first-order valence-electron chi connectivity index (χ1n) is 4.15. The van der Waals surface area contributed by atoms with Gasteiger partial charge in [0.15, 0.2) is 0 Å². The summed E-state index contributed by atoms with van der Waals surface area (Å²) in [7, 11) is 0. The van der Waals surface area contributed by atoms with E-state index in [1.54, 1.807) is 0 Å². The zero-order valence-electron chi connectivity index (χ0n) is 7.46. The third-order valence-electron chi connectivity index (χ3n) is 2.07. The van der Waals surface area contributed by atoms with Gasteiger partial charge in [-0.1, -0.05) is 0 Å². The molecule has 3 nitrogen and oxygen atoms in total. The van der Waals surface area contributed by atoms with Gasteiger partial charge < -0.3 is 9.52 Å². The van der Waals surface area contributed by atoms with Crippen LogP contribution in [0.3, 0.4) is 0 Å². The number of carboxylic acid groups (broad SMARTS) is 1. The highest BCUT2D eigenvalue weighted by atomic mass is 19.1. The lowest BCUT2D eigenvalue weighted by molar-refractivity contribution is -0.136. The van der Waals surface area contributed by atoms with E-state index in [0.717, 1.165) is 0 Å². The maximum absolute atomic E-state index is 13.3. The quantitative estimate of drug-likeness (QED) is 0.831. The Morgan fingerprint density at radius 2 is 2.13 bits per heavy atom. The van der Waals surface area contributed by atoms with E-state index in [1.807, 2.05) is 0 Å². The number of hydrogen-bond acceptors (Lipinski definition) is 2. The van der Waals surface area contributed by atoms with E-state index in [4.69, 9.17) is 9.52 Å². The van der Waals surface area contributed by atoms with Crippen LogP contribution in [0.15, 0.2) is 22.8 Å². The van der Waals surface area contributed by atoms with Crippen molar-refractivity contribution in [2.24, 2.45) is 0 Å². The van der Waals surface area contributed by atoms with E-state index in [9.17, 15) is 13.6 Å². The van der Waals surface area contributed by atoms with Crippen molar-refractivity contribution < 1.29 is 23.1 Å². The van der Waals surface area contributed by atoms with E-state index in [1.165, 1.54) is 12.3 Å². The highest BCUT2D eigenvalue weighted by Gasteiger charge is 2.17. The molecular weight excluding hydrogens is 206 g/mol. The minimum atomic E-state index is -1.20. The largest absolute Gasteiger partial charge is 0.481 e. The fourth-order valence-electron chi connectivity index (χ4n) is 1.43. The fourth-order valence-corrected chi connectivity index (χ4v) is 1.43. The summed E-state index contributed by atoms with van der Waals surface area (Å²) in [5.41, 5.74) is -0.182. The van der Waals surface area contributed by atoms with Crippen molar-refractivity contribution >= 4 is 16.9 Å². The van der Waals surface area contributed by atoms with Gasteiger partial charge >= 0.3 is 5.97 Å². The second-order valence-corrected chi connectivity index (χ2v) is 3.05. The van der Waals surface area contributed by atoms with Crippen molar-refractivity contribution in [2.45, 2.75) is 6.42 Å². The predicted octanol–water partition coefficient (Wildman–Crippen LogP) is 2.34. The third-order valence-corrected chi connectivity index (χ3v) is 2.07. The monoisotopic (exact) mass is 212 g/mol. The van der Waals surface area contributed by atoms with Crippen LogP contribution in [-0.2, 0) is 11.2 Å². The summed E-state index contributed by atoms with van der Waals surface area (Å²) in [5, 5.41) is 8.65. The van der Waals surface area contributed by atoms with Gasteiger partial charge in [0.2, 0.25) is 0 Å². The first-order valence-corrected chi connectivity index (χ1v) is 4.15. The minimum Gasteiger partial charge on any atom is -0.481 e. The molecule has 2 aromatic rings. The molecule has 0 saturated heterocycles. The molecule has 0 spiro atoms. The highest BCUT2D eigenvalue weighted by Crippen LogP contribution is 2.26. The molecule has 1 N–H and O–H groups in total. The lowest BCUT2D eigenvalue weighted by Crippen LogP contribution is -2.03. The molecule has 0 radical (unpaired) electrons. The SMILES string of the molecule is O=C(O)Cc1c(F)cc(F)c2ccoc12. The number of halogens is 2. The molecule has 5 heteroatoms. The van der Waals surface area contributed by atoms with Gasteiger partial charge in [0.05, 0.1) is 18.1 Å². The van der Waals surface area contributed by atoms with Crippen LogP contribution in [-0.4, -0.2) is 11.1 Å². The normalized spacial score (nSPS) is 10.8. The summed E-state index contributed by atoms with van der Waals surface area (Å²) >= 11 is 0. The number of furan rings is 1. The lowest BCUT2D eigenvalue weighted by Gasteiger charge is -2.01. The smallest absolute Gasteiger partial charge is 0.308 e. The van der Waals surface area contributed by atoms with E-state index in [-0.39, 0.29) is 16.5 Å². The predicted molar refractivity (Wildman–Crippen MR) is 47.5 cm³/mol. The molecule has 0 bridgehead atoms. The topological polar surface area (TPSA) is 50.4 Å². The molecule has 0 atom stereocenters. The van der Waals surface area contributed by atoms with Crippen molar-refractivity contribution in [1.82, 2.24) is 0 Å². The van der Waals surface area contributed by atoms with E-state index >= 15 is 0 Å². The summed E-state index contributed by atoms with van der Waals surface area (Å²) < 4.78 is 31.3. The summed E-state index contributed by atoms with van der Waals surface area (Å²) in [6.07, 6.45) is 0.661. The van der Waals surface area contributed by atoms with Crippen LogP contribution in [0.25, 0.3) is 11.0 Å². The molecule has 0 aliphatic heterocycles. The third kappa shape index (κ3) is 1.56. The molecule has 1 heterocycles. The van der Waals surface area contributed by atoms with Gasteiger partial charge in [-0.15, -0.1) is 0 Å². The summed E-state index contributed by atoms with van der Waals surface area (Å²) in [4.78, 5) is 10.5. The van der Waals surface area contributed by atoms with E-state index in [2.05, 4.69) is 0 Å². The van der Waals surface area contributed by atoms with Gasteiger partial charge in [-0.3, -0.25) is 4.79 Å². The van der Waals surface area contributed by atoms with Crippen LogP contribution in [0.5, 0.6) is 0 Å². The molecule has 0 aliphatic carbocycles. The average Bonchev–Trinajstić information content (AvgIpc) is 2.60. The number of rotatable bonds is 2. The molecule has 1 aromatic heterocycles. The van der Waals surface area contributed by atoms with Gasteiger partial charge in [-0.2, -0.15) is 0 Å². The van der Waals surface area contributed by atoms with Crippen LogP contribution in [0.2, 0.25) is 0 Å². The molecule has 2 rings (SSSR count). The number of benzene rings is 1. The second kappa shape index (κ2) is 3.34. The maximum Gasteiger partial charge on any atom is 0.308 e. The van der Waals surface area contributed by atoms with Crippen molar-refractivity contribution in [1.29, 1.82) is 0 Å². The Balaban J connectivity index is 2.71. The van der Waals surface area contributed by atoms with E-state index in [0.29, 0.717) is 6.07 Å². The molecule has 0 fully saturated rings. The Kier molecular flexibility index (Phi) is 2.15. The molecule has 0 unspecified atom stereocenters. The molecule has 1 aromatic carbocycles. The van der Waals surface area contributed by atoms with Gasteiger partial charge in [-0.25, -0.2) is 8.78 Å². The zero-order valence-corrected chi connectivity index (χ0v) is 7.46. The number of carbonyl (C=O) groups is 1. The Bertz CT molecular complexity index is 531. The first-order chi connectivity index (χ1) is 7.09. The molecule has 0 saturated carbocycles. The molecule has 15 heavy (non-hydrogen) atoms. The Morgan fingerprint density at radius 1 is 1.40 bits per heavy atom. The van der Waals surface area contributed by atoms with Gasteiger partial charge in [0, 0.05) is 11.6 Å². The Labute approximate surface area is 82.9 Å². The number of carboxylic acids is 1. The Morgan fingerprint density at radius 3 is 2.80 bits per heavy atom. The van der Waals surface area contributed by atoms with Crippen LogP contribution < -0.4 is 0 Å². The lowest BCUT2D eigenvalue weighted by atomic mass is 10.1. The summed E-state index contributed by atoms with van der Waals surface area (Å²) in [6.45, 7) is 0. The van der Waals surface area contributed by atoms with Crippen molar-refractivity contribution in [2.75, 3.05) is 0 Å². The standard InChI is InChI=1S/C10H6F2O3/c11-7-4-8(12)6(3-9(13)14)10-5(7)1-2-15-10/h1-2,4H,3H2,(H,13,14). The molecular formula is C10H6F2O3. The highest BCUT2D eigenvalue weighted by molar-refractivity contribution is 5.85. The molecule has 0 amide bonds. The second-order valence-electron chi connectivity index (χ2n) is 3.05. The van der Waals surface area contributed by atoms with Gasteiger partial charge in [-0.05, 0) is 6.07 Å². The molecule has 78 valence electrons. The van der Waals surface area contributed by atoms with Crippen molar-refractivity contribution in [3.05, 3.63) is 35.6 Å². The van der Waals surface area contributed by atoms with E-state index < -0.39 is 24.0 Å².